The number of rotatable bonds is 5. The fourth-order valence-corrected chi connectivity index (χ4v) is 2.31. The Hall–Kier alpha value is -2.40. The number of hydrogen-bond donors (Lipinski definition) is 1. The van der Waals surface area contributed by atoms with Crippen molar-refractivity contribution in [3.8, 4) is 11.6 Å². The summed E-state index contributed by atoms with van der Waals surface area (Å²) in [7, 11) is 0. The lowest BCUT2D eigenvalue weighted by Crippen LogP contribution is -2.33. The van der Waals surface area contributed by atoms with Crippen LogP contribution in [-0.4, -0.2) is 23.6 Å². The van der Waals surface area contributed by atoms with Gasteiger partial charge in [-0.05, 0) is 36.6 Å². The Balaban J connectivity index is 1.58. The van der Waals surface area contributed by atoms with E-state index in [4.69, 9.17) is 9.47 Å². The van der Waals surface area contributed by atoms with E-state index in [-0.39, 0.29) is 12.0 Å². The molecule has 1 aliphatic rings. The molecule has 1 fully saturated rings. The first kappa shape index (κ1) is 14.5. The highest BCUT2D eigenvalue weighted by Gasteiger charge is 2.22. The van der Waals surface area contributed by atoms with Crippen molar-refractivity contribution in [2.24, 2.45) is 0 Å². The van der Waals surface area contributed by atoms with Crippen LogP contribution in [0.4, 0.5) is 0 Å². The van der Waals surface area contributed by atoms with Gasteiger partial charge in [-0.1, -0.05) is 18.2 Å². The molecule has 0 aliphatic carbocycles. The molecule has 0 bridgehead atoms. The smallest absolute Gasteiger partial charge is 0.249 e. The predicted octanol–water partition coefficient (Wildman–Crippen LogP) is 2.67. The van der Waals surface area contributed by atoms with Crippen LogP contribution in [0, 0.1) is 0 Å². The number of ether oxygens (including phenoxy) is 2. The summed E-state index contributed by atoms with van der Waals surface area (Å²) in [6.07, 6.45) is 3.11. The van der Waals surface area contributed by atoms with Crippen molar-refractivity contribution in [1.82, 2.24) is 10.3 Å². The first-order valence-corrected chi connectivity index (χ1v) is 7.38. The maximum atomic E-state index is 11.9. The lowest BCUT2D eigenvalue weighted by molar-refractivity contribution is -0.130. The van der Waals surface area contributed by atoms with Crippen LogP contribution < -0.4 is 10.1 Å². The topological polar surface area (TPSA) is 60.5 Å². The van der Waals surface area contributed by atoms with E-state index in [1.165, 1.54) is 0 Å². The van der Waals surface area contributed by atoms with Gasteiger partial charge in [0.15, 0.2) is 0 Å². The maximum absolute atomic E-state index is 11.9. The van der Waals surface area contributed by atoms with Crippen molar-refractivity contribution in [3.63, 3.8) is 0 Å². The predicted molar refractivity (Wildman–Crippen MR) is 81.6 cm³/mol. The molecule has 0 saturated carbocycles. The molecule has 0 radical (unpaired) electrons. The number of carbonyl (C=O) groups excluding carboxylic acids is 1. The molecule has 2 aromatic rings. The number of para-hydroxylation sites is 1. The van der Waals surface area contributed by atoms with Gasteiger partial charge in [-0.15, -0.1) is 0 Å². The molecule has 2 heterocycles. The van der Waals surface area contributed by atoms with E-state index < -0.39 is 0 Å². The molecule has 1 amide bonds. The highest BCUT2D eigenvalue weighted by Crippen LogP contribution is 2.19. The number of carbonyl (C=O) groups is 1. The van der Waals surface area contributed by atoms with Gasteiger partial charge >= 0.3 is 0 Å². The lowest BCUT2D eigenvalue weighted by Gasteiger charge is -2.11. The number of benzene rings is 1. The van der Waals surface area contributed by atoms with E-state index in [0.29, 0.717) is 19.0 Å². The van der Waals surface area contributed by atoms with E-state index in [2.05, 4.69) is 10.3 Å². The average Bonchev–Trinajstić information content (AvgIpc) is 3.08. The van der Waals surface area contributed by atoms with Crippen LogP contribution in [0.2, 0.25) is 0 Å². The van der Waals surface area contributed by atoms with Gasteiger partial charge in [0.05, 0.1) is 0 Å². The Morgan fingerprint density at radius 1 is 1.32 bits per heavy atom. The number of nitrogens with one attached hydrogen (secondary N) is 1. The van der Waals surface area contributed by atoms with Crippen molar-refractivity contribution in [1.29, 1.82) is 0 Å². The van der Waals surface area contributed by atoms with E-state index in [1.54, 1.807) is 6.20 Å². The fourth-order valence-electron chi connectivity index (χ4n) is 2.31. The summed E-state index contributed by atoms with van der Waals surface area (Å²) in [5.41, 5.74) is 0.937. The third-order valence-electron chi connectivity index (χ3n) is 3.45. The second kappa shape index (κ2) is 7.04. The standard InChI is InChI=1S/C17H18N2O3/c20-17(15-7-4-10-21-15)19-12-13-8-9-18-16(11-13)22-14-5-2-1-3-6-14/h1-3,5-6,8-9,11,15H,4,7,10,12H2,(H,19,20)/t15-/m0/s1. The van der Waals surface area contributed by atoms with Crippen LogP contribution in [0.1, 0.15) is 18.4 Å². The fraction of sp³-hybridized carbons (Fsp3) is 0.294. The number of nitrogens with zero attached hydrogens (tertiary/aromatic N) is 1. The summed E-state index contributed by atoms with van der Waals surface area (Å²) >= 11 is 0. The van der Waals surface area contributed by atoms with Crippen LogP contribution in [-0.2, 0) is 16.1 Å². The minimum atomic E-state index is -0.304. The monoisotopic (exact) mass is 298 g/mol. The Bertz CT molecular complexity index is 625. The Morgan fingerprint density at radius 2 is 2.18 bits per heavy atom. The molecular formula is C17H18N2O3. The second-order valence-corrected chi connectivity index (χ2v) is 5.14. The third-order valence-corrected chi connectivity index (χ3v) is 3.45. The van der Waals surface area contributed by atoms with E-state index in [0.717, 1.165) is 24.2 Å². The maximum Gasteiger partial charge on any atom is 0.249 e. The number of aromatic nitrogens is 1. The van der Waals surface area contributed by atoms with Gasteiger partial charge < -0.3 is 14.8 Å². The molecule has 0 unspecified atom stereocenters. The zero-order valence-corrected chi connectivity index (χ0v) is 12.2. The van der Waals surface area contributed by atoms with Crippen LogP contribution >= 0.6 is 0 Å². The van der Waals surface area contributed by atoms with E-state index >= 15 is 0 Å². The Kier molecular flexibility index (Phi) is 4.65. The zero-order chi connectivity index (χ0) is 15.2. The Labute approximate surface area is 129 Å². The van der Waals surface area contributed by atoms with Gasteiger partial charge in [0.1, 0.15) is 11.9 Å². The highest BCUT2D eigenvalue weighted by atomic mass is 16.5. The molecule has 0 spiro atoms. The number of pyridine rings is 1. The average molecular weight is 298 g/mol. The zero-order valence-electron chi connectivity index (χ0n) is 12.2. The summed E-state index contributed by atoms with van der Waals surface area (Å²) in [5, 5.41) is 2.88. The summed E-state index contributed by atoms with van der Waals surface area (Å²) in [5.74, 6) is 1.19. The van der Waals surface area contributed by atoms with Crippen molar-refractivity contribution >= 4 is 5.91 Å². The molecule has 1 saturated heterocycles. The first-order valence-electron chi connectivity index (χ1n) is 7.38. The summed E-state index contributed by atoms with van der Waals surface area (Å²) in [6.45, 7) is 1.11. The van der Waals surface area contributed by atoms with Crippen molar-refractivity contribution < 1.29 is 14.3 Å². The molecule has 114 valence electrons. The van der Waals surface area contributed by atoms with Crippen molar-refractivity contribution in [2.45, 2.75) is 25.5 Å². The van der Waals surface area contributed by atoms with Gasteiger partial charge in [-0.25, -0.2) is 4.98 Å². The van der Waals surface area contributed by atoms with Crippen LogP contribution in [0.25, 0.3) is 0 Å². The molecule has 1 aromatic heterocycles. The second-order valence-electron chi connectivity index (χ2n) is 5.14. The molecule has 1 aromatic carbocycles. The quantitative estimate of drug-likeness (QED) is 0.922. The largest absolute Gasteiger partial charge is 0.439 e. The highest BCUT2D eigenvalue weighted by molar-refractivity contribution is 5.80. The van der Waals surface area contributed by atoms with Gasteiger partial charge in [-0.3, -0.25) is 4.79 Å². The molecule has 5 heteroatoms. The number of hydrogen-bond acceptors (Lipinski definition) is 4. The van der Waals surface area contributed by atoms with Crippen LogP contribution in [0.3, 0.4) is 0 Å². The van der Waals surface area contributed by atoms with Gasteiger partial charge in [0.2, 0.25) is 11.8 Å². The molecule has 1 atom stereocenters. The first-order chi connectivity index (χ1) is 10.8. The molecule has 1 aliphatic heterocycles. The van der Waals surface area contributed by atoms with Gasteiger partial charge in [0.25, 0.3) is 0 Å². The normalized spacial score (nSPS) is 17.2. The molecular weight excluding hydrogens is 280 g/mol. The molecule has 5 nitrogen and oxygen atoms in total. The van der Waals surface area contributed by atoms with Crippen LogP contribution in [0.15, 0.2) is 48.7 Å². The van der Waals surface area contributed by atoms with E-state index in [9.17, 15) is 4.79 Å². The SMILES string of the molecule is O=C(NCc1ccnc(Oc2ccccc2)c1)[C@@H]1CCCO1. The summed E-state index contributed by atoms with van der Waals surface area (Å²) < 4.78 is 11.0. The van der Waals surface area contributed by atoms with Crippen molar-refractivity contribution in [2.75, 3.05) is 6.61 Å². The van der Waals surface area contributed by atoms with E-state index in [1.807, 2.05) is 42.5 Å². The van der Waals surface area contributed by atoms with Crippen molar-refractivity contribution in [3.05, 3.63) is 54.2 Å². The van der Waals surface area contributed by atoms with Gasteiger partial charge in [0, 0.05) is 25.4 Å². The van der Waals surface area contributed by atoms with Gasteiger partial charge in [-0.2, -0.15) is 0 Å². The minimum absolute atomic E-state index is 0.0557. The third kappa shape index (κ3) is 3.83. The minimum Gasteiger partial charge on any atom is -0.439 e. The summed E-state index contributed by atoms with van der Waals surface area (Å²) in [4.78, 5) is 16.1. The molecule has 3 rings (SSSR count). The lowest BCUT2D eigenvalue weighted by atomic mass is 10.2. The molecule has 1 N–H and O–H groups in total. The summed E-state index contributed by atoms with van der Waals surface area (Å²) in [6, 6.07) is 13.1. The Morgan fingerprint density at radius 3 is 2.95 bits per heavy atom. The number of amides is 1. The molecule has 22 heavy (non-hydrogen) atoms. The van der Waals surface area contributed by atoms with Crippen LogP contribution in [0.5, 0.6) is 11.6 Å².